The fourth-order valence-electron chi connectivity index (χ4n) is 2.19. The van der Waals surface area contributed by atoms with Gasteiger partial charge >= 0.3 is 0 Å². The number of allylic oxidation sites excluding steroid dienone is 4. The lowest BCUT2D eigenvalue weighted by atomic mass is 10.00. The number of nitriles is 1. The first-order valence-electron chi connectivity index (χ1n) is 5.98. The first kappa shape index (κ1) is 12.8. The molecular formula is C16H12N2O. The Bertz CT molecular complexity index is 678. The Labute approximate surface area is 112 Å². The number of ketones is 1. The number of hydrogen-bond donors (Lipinski definition) is 0. The predicted molar refractivity (Wildman–Crippen MR) is 72.8 cm³/mol. The van der Waals surface area contributed by atoms with Gasteiger partial charge in [-0.2, -0.15) is 0 Å². The van der Waals surface area contributed by atoms with Crippen LogP contribution >= 0.6 is 0 Å². The van der Waals surface area contributed by atoms with Crippen LogP contribution in [-0.2, 0) is 0 Å². The van der Waals surface area contributed by atoms with Crippen LogP contribution in [0.1, 0.15) is 29.8 Å². The van der Waals surface area contributed by atoms with E-state index in [4.69, 9.17) is 11.8 Å². The van der Waals surface area contributed by atoms with E-state index in [0.29, 0.717) is 22.3 Å². The van der Waals surface area contributed by atoms with Gasteiger partial charge in [0, 0.05) is 16.7 Å². The molecule has 0 amide bonds. The lowest BCUT2D eigenvalue weighted by Crippen LogP contribution is -1.97. The van der Waals surface area contributed by atoms with Crippen molar-refractivity contribution in [3.8, 4) is 6.07 Å². The SMILES string of the molecule is [C-]#[N+]/C(C#N)=C1/C(=C/C(C)C)C(=O)c2ccccc21. The molecule has 0 aromatic heterocycles. The summed E-state index contributed by atoms with van der Waals surface area (Å²) in [6.45, 7) is 11.0. The van der Waals surface area contributed by atoms with Crippen LogP contribution in [0.15, 0.2) is 41.6 Å². The van der Waals surface area contributed by atoms with E-state index in [2.05, 4.69) is 4.85 Å². The van der Waals surface area contributed by atoms with Gasteiger partial charge in [-0.3, -0.25) is 4.79 Å². The molecule has 0 heterocycles. The lowest BCUT2D eigenvalue weighted by molar-refractivity contribution is 0.104. The minimum Gasteiger partial charge on any atom is -0.289 e. The average molecular weight is 248 g/mol. The van der Waals surface area contributed by atoms with Crippen molar-refractivity contribution in [3.05, 3.63) is 64.2 Å². The Morgan fingerprint density at radius 2 is 2.00 bits per heavy atom. The van der Waals surface area contributed by atoms with Crippen molar-refractivity contribution in [2.24, 2.45) is 5.92 Å². The van der Waals surface area contributed by atoms with Crippen molar-refractivity contribution >= 4 is 11.4 Å². The largest absolute Gasteiger partial charge is 0.289 e. The second-order valence-electron chi connectivity index (χ2n) is 4.65. The normalized spacial score (nSPS) is 18.2. The Hall–Kier alpha value is -2.65. The Kier molecular flexibility index (Phi) is 3.31. The molecule has 1 aliphatic rings. The molecule has 0 unspecified atom stereocenters. The number of hydrogen-bond acceptors (Lipinski definition) is 2. The Morgan fingerprint density at radius 3 is 2.53 bits per heavy atom. The molecule has 1 aromatic rings. The third-order valence-electron chi connectivity index (χ3n) is 2.91. The number of carbonyl (C=O) groups excluding carboxylic acids is 1. The molecule has 0 bridgehead atoms. The van der Waals surface area contributed by atoms with E-state index in [0.717, 1.165) is 0 Å². The number of rotatable bonds is 1. The molecule has 0 spiro atoms. The van der Waals surface area contributed by atoms with Gasteiger partial charge in [-0.25, -0.2) is 10.1 Å². The molecule has 0 aliphatic heterocycles. The van der Waals surface area contributed by atoms with Crippen LogP contribution in [0.3, 0.4) is 0 Å². The summed E-state index contributed by atoms with van der Waals surface area (Å²) >= 11 is 0. The second kappa shape index (κ2) is 4.92. The van der Waals surface area contributed by atoms with Gasteiger partial charge in [0.2, 0.25) is 0 Å². The van der Waals surface area contributed by atoms with Gasteiger partial charge in [0.05, 0.1) is 12.6 Å². The van der Waals surface area contributed by atoms with E-state index in [1.165, 1.54) is 0 Å². The second-order valence-corrected chi connectivity index (χ2v) is 4.65. The summed E-state index contributed by atoms with van der Waals surface area (Å²) in [4.78, 5) is 15.6. The summed E-state index contributed by atoms with van der Waals surface area (Å²) in [7, 11) is 0. The maximum atomic E-state index is 12.4. The van der Waals surface area contributed by atoms with E-state index >= 15 is 0 Å². The quantitative estimate of drug-likeness (QED) is 0.433. The molecule has 0 saturated carbocycles. The minimum atomic E-state index is -0.101. The topological polar surface area (TPSA) is 45.2 Å². The molecule has 19 heavy (non-hydrogen) atoms. The summed E-state index contributed by atoms with van der Waals surface area (Å²) in [5, 5.41) is 9.09. The number of benzene rings is 1. The fourth-order valence-corrected chi connectivity index (χ4v) is 2.19. The van der Waals surface area contributed by atoms with E-state index < -0.39 is 0 Å². The zero-order valence-electron chi connectivity index (χ0n) is 10.8. The minimum absolute atomic E-state index is 0.0230. The smallest absolute Gasteiger partial charge is 0.270 e. The van der Waals surface area contributed by atoms with E-state index in [-0.39, 0.29) is 17.4 Å². The first-order chi connectivity index (χ1) is 9.10. The number of carbonyl (C=O) groups is 1. The van der Waals surface area contributed by atoms with Crippen LogP contribution in [0, 0.1) is 23.8 Å². The fraction of sp³-hybridized carbons (Fsp3) is 0.188. The van der Waals surface area contributed by atoms with E-state index in [1.54, 1.807) is 18.2 Å². The molecule has 2 rings (SSSR count). The van der Waals surface area contributed by atoms with Gasteiger partial charge in [0.25, 0.3) is 5.70 Å². The van der Waals surface area contributed by atoms with Crippen LogP contribution in [0.4, 0.5) is 0 Å². The summed E-state index contributed by atoms with van der Waals surface area (Å²) in [5.41, 5.74) is 2.19. The van der Waals surface area contributed by atoms with Gasteiger partial charge in [-0.15, -0.1) is 0 Å². The first-order valence-corrected chi connectivity index (χ1v) is 5.98. The summed E-state index contributed by atoms with van der Waals surface area (Å²) in [5.74, 6) is 0.0737. The van der Waals surface area contributed by atoms with Crippen LogP contribution in [0.5, 0.6) is 0 Å². The maximum absolute atomic E-state index is 12.4. The van der Waals surface area contributed by atoms with Gasteiger partial charge in [-0.1, -0.05) is 44.2 Å². The number of fused-ring (bicyclic) bond motifs is 1. The molecule has 0 radical (unpaired) electrons. The van der Waals surface area contributed by atoms with Crippen molar-refractivity contribution in [3.63, 3.8) is 0 Å². The lowest BCUT2D eigenvalue weighted by Gasteiger charge is -2.03. The third-order valence-corrected chi connectivity index (χ3v) is 2.91. The highest BCUT2D eigenvalue weighted by Gasteiger charge is 2.31. The highest BCUT2D eigenvalue weighted by molar-refractivity contribution is 6.27. The molecule has 3 heteroatoms. The van der Waals surface area contributed by atoms with Gasteiger partial charge in [-0.05, 0) is 11.5 Å². The number of nitrogens with zero attached hydrogens (tertiary/aromatic N) is 2. The molecule has 1 aliphatic carbocycles. The standard InChI is InChI=1S/C16H12N2O/c1-10(2)8-13-15(14(9-17)18-3)11-6-4-5-7-12(11)16(13)19/h4-8,10H,1-2H3/b13-8-,15-14+. The van der Waals surface area contributed by atoms with Crippen LogP contribution in [0.2, 0.25) is 0 Å². The van der Waals surface area contributed by atoms with Crippen LogP contribution < -0.4 is 0 Å². The van der Waals surface area contributed by atoms with Gasteiger partial charge < -0.3 is 0 Å². The molecule has 0 saturated heterocycles. The summed E-state index contributed by atoms with van der Waals surface area (Å²) < 4.78 is 0. The number of Topliss-reactive ketones (excluding diaryl/α,β-unsaturated/α-hetero) is 1. The van der Waals surface area contributed by atoms with E-state index in [1.807, 2.05) is 32.1 Å². The predicted octanol–water partition coefficient (Wildman–Crippen LogP) is 3.62. The Balaban J connectivity index is 2.82. The van der Waals surface area contributed by atoms with Crippen molar-refractivity contribution in [2.45, 2.75) is 13.8 Å². The van der Waals surface area contributed by atoms with Crippen molar-refractivity contribution in [2.75, 3.05) is 0 Å². The molecule has 0 N–H and O–H groups in total. The average Bonchev–Trinajstić information content (AvgIpc) is 2.66. The van der Waals surface area contributed by atoms with E-state index in [9.17, 15) is 4.79 Å². The molecule has 0 atom stereocenters. The maximum Gasteiger partial charge on any atom is 0.270 e. The van der Waals surface area contributed by atoms with Crippen molar-refractivity contribution in [1.82, 2.24) is 0 Å². The molecule has 0 fully saturated rings. The zero-order valence-corrected chi connectivity index (χ0v) is 10.8. The van der Waals surface area contributed by atoms with Gasteiger partial charge in [0.15, 0.2) is 5.78 Å². The summed E-state index contributed by atoms with van der Waals surface area (Å²) in [6, 6.07) is 9.01. The highest BCUT2D eigenvalue weighted by atomic mass is 16.1. The Morgan fingerprint density at radius 1 is 1.37 bits per heavy atom. The van der Waals surface area contributed by atoms with Crippen LogP contribution in [-0.4, -0.2) is 5.78 Å². The highest BCUT2D eigenvalue weighted by Crippen LogP contribution is 2.39. The molecule has 1 aromatic carbocycles. The third kappa shape index (κ3) is 2.07. The van der Waals surface area contributed by atoms with Crippen molar-refractivity contribution in [1.29, 1.82) is 5.26 Å². The monoisotopic (exact) mass is 248 g/mol. The molecule has 3 nitrogen and oxygen atoms in total. The van der Waals surface area contributed by atoms with Crippen molar-refractivity contribution < 1.29 is 4.79 Å². The molecule has 92 valence electrons. The summed E-state index contributed by atoms with van der Waals surface area (Å²) in [6.07, 6.45) is 1.82. The van der Waals surface area contributed by atoms with Crippen LogP contribution in [0.25, 0.3) is 10.4 Å². The molecular weight excluding hydrogens is 236 g/mol. The zero-order chi connectivity index (χ0) is 14.0. The van der Waals surface area contributed by atoms with Gasteiger partial charge in [0.1, 0.15) is 0 Å².